The number of ether oxygens (including phenoxy) is 1. The van der Waals surface area contributed by atoms with E-state index in [1.807, 2.05) is 0 Å². The van der Waals surface area contributed by atoms with Crippen molar-refractivity contribution < 1.29 is 14.3 Å². The molecule has 0 saturated heterocycles. The first kappa shape index (κ1) is 22.2. The predicted octanol–water partition coefficient (Wildman–Crippen LogP) is 2.27. The molecular formula is C21H16ClN5O5S. The average molecular weight is 486 g/mol. The zero-order valence-electron chi connectivity index (χ0n) is 16.8. The van der Waals surface area contributed by atoms with Gasteiger partial charge in [-0.2, -0.15) is 0 Å². The molecule has 0 unspecified atom stereocenters. The molecule has 0 saturated carbocycles. The Morgan fingerprint density at radius 1 is 1.06 bits per heavy atom. The summed E-state index contributed by atoms with van der Waals surface area (Å²) in [5, 5.41) is 12.4. The molecule has 4 aromatic rings. The normalized spacial score (nSPS) is 10.7. The minimum absolute atomic E-state index is 0.0470. The van der Waals surface area contributed by atoms with Crippen LogP contribution in [0.3, 0.4) is 0 Å². The number of anilines is 1. The van der Waals surface area contributed by atoms with Gasteiger partial charge in [0, 0.05) is 10.4 Å². The first-order valence-corrected chi connectivity index (χ1v) is 10.8. The third-order valence-electron chi connectivity index (χ3n) is 4.47. The van der Waals surface area contributed by atoms with Crippen molar-refractivity contribution in [2.75, 3.05) is 11.9 Å². The zero-order chi connectivity index (χ0) is 23.4. The molecule has 2 aromatic carbocycles. The standard InChI is InChI=1S/C21H16ClN5O5S/c22-11-4-6-12(7-5-11)32-9-17-25-15(10-33-17)20(30)23-8-16(28)24-14-3-1-2-13-18(14)21(31)27-26-19(13)29/h1-7,10H,8-9H2,(H,23,30)(H,24,28)(H,26,29)(H,27,31). The van der Waals surface area contributed by atoms with Gasteiger partial charge in [0.05, 0.1) is 23.0 Å². The number of halogens is 1. The van der Waals surface area contributed by atoms with Gasteiger partial charge < -0.3 is 15.4 Å². The highest BCUT2D eigenvalue weighted by atomic mass is 35.5. The lowest BCUT2D eigenvalue weighted by atomic mass is 10.1. The second-order valence-corrected chi connectivity index (χ2v) is 8.12. The molecule has 2 aromatic heterocycles. The summed E-state index contributed by atoms with van der Waals surface area (Å²) in [7, 11) is 0. The summed E-state index contributed by atoms with van der Waals surface area (Å²) < 4.78 is 5.60. The lowest BCUT2D eigenvalue weighted by Crippen LogP contribution is -2.33. The molecule has 2 amide bonds. The van der Waals surface area contributed by atoms with Crippen LogP contribution in [-0.2, 0) is 11.4 Å². The van der Waals surface area contributed by atoms with Gasteiger partial charge in [0.2, 0.25) is 5.91 Å². The number of H-pyrrole nitrogens is 2. The third-order valence-corrected chi connectivity index (χ3v) is 5.54. The second kappa shape index (κ2) is 9.67. The van der Waals surface area contributed by atoms with E-state index in [0.717, 1.165) is 0 Å². The smallest absolute Gasteiger partial charge is 0.272 e. The molecule has 10 nitrogen and oxygen atoms in total. The maximum atomic E-state index is 12.3. The van der Waals surface area contributed by atoms with Crippen molar-refractivity contribution >= 4 is 51.2 Å². The van der Waals surface area contributed by atoms with E-state index < -0.39 is 22.9 Å². The molecule has 168 valence electrons. The number of carbonyl (C=O) groups is 2. The summed E-state index contributed by atoms with van der Waals surface area (Å²) in [5.74, 6) is -0.491. The van der Waals surface area contributed by atoms with Crippen molar-refractivity contribution in [3.05, 3.63) is 84.3 Å². The van der Waals surface area contributed by atoms with Gasteiger partial charge in [-0.3, -0.25) is 29.4 Å². The molecular weight excluding hydrogens is 470 g/mol. The van der Waals surface area contributed by atoms with Crippen LogP contribution in [-0.4, -0.2) is 33.5 Å². The summed E-state index contributed by atoms with van der Waals surface area (Å²) >= 11 is 7.08. The Bertz CT molecular complexity index is 1440. The molecule has 0 aliphatic carbocycles. The molecule has 0 radical (unpaired) electrons. The van der Waals surface area contributed by atoms with E-state index in [4.69, 9.17) is 16.3 Å². The van der Waals surface area contributed by atoms with Gasteiger partial charge in [-0.1, -0.05) is 17.7 Å². The molecule has 33 heavy (non-hydrogen) atoms. The minimum atomic E-state index is -0.572. The van der Waals surface area contributed by atoms with Crippen molar-refractivity contribution in [2.24, 2.45) is 0 Å². The predicted molar refractivity (Wildman–Crippen MR) is 124 cm³/mol. The van der Waals surface area contributed by atoms with E-state index in [2.05, 4.69) is 25.8 Å². The Kier molecular flexibility index (Phi) is 6.52. The highest BCUT2D eigenvalue weighted by Crippen LogP contribution is 2.19. The Hall–Kier alpha value is -3.96. The SMILES string of the molecule is O=C(CNC(=O)c1csc(COc2ccc(Cl)cc2)n1)Nc1cccc2c(=O)[nH][nH]c(=O)c12. The van der Waals surface area contributed by atoms with E-state index in [1.54, 1.807) is 29.6 Å². The van der Waals surface area contributed by atoms with E-state index in [0.29, 0.717) is 15.8 Å². The first-order valence-electron chi connectivity index (χ1n) is 9.55. The van der Waals surface area contributed by atoms with Crippen molar-refractivity contribution in [3.63, 3.8) is 0 Å². The van der Waals surface area contributed by atoms with Gasteiger partial charge in [0.15, 0.2) is 0 Å². The van der Waals surface area contributed by atoms with E-state index >= 15 is 0 Å². The van der Waals surface area contributed by atoms with E-state index in [9.17, 15) is 19.2 Å². The summed E-state index contributed by atoms with van der Waals surface area (Å²) in [5.41, 5.74) is -0.737. The molecule has 0 bridgehead atoms. The average Bonchev–Trinajstić information content (AvgIpc) is 3.29. The largest absolute Gasteiger partial charge is 0.486 e. The third kappa shape index (κ3) is 5.27. The minimum Gasteiger partial charge on any atom is -0.486 e. The fraction of sp³-hybridized carbons (Fsp3) is 0.0952. The first-order chi connectivity index (χ1) is 15.9. The van der Waals surface area contributed by atoms with Crippen molar-refractivity contribution in [3.8, 4) is 5.75 Å². The molecule has 0 spiro atoms. The summed E-state index contributed by atoms with van der Waals surface area (Å²) in [6.07, 6.45) is 0. The van der Waals surface area contributed by atoms with Crippen molar-refractivity contribution in [1.29, 1.82) is 0 Å². The van der Waals surface area contributed by atoms with Gasteiger partial charge in [0.1, 0.15) is 23.1 Å². The number of rotatable bonds is 7. The number of thiazole rings is 1. The Morgan fingerprint density at radius 2 is 1.82 bits per heavy atom. The van der Waals surface area contributed by atoms with Gasteiger partial charge >= 0.3 is 0 Å². The van der Waals surface area contributed by atoms with Crippen LogP contribution in [0.25, 0.3) is 10.8 Å². The van der Waals surface area contributed by atoms with Crippen molar-refractivity contribution in [1.82, 2.24) is 20.5 Å². The zero-order valence-corrected chi connectivity index (χ0v) is 18.4. The fourth-order valence-electron chi connectivity index (χ4n) is 2.94. The lowest BCUT2D eigenvalue weighted by molar-refractivity contribution is -0.115. The van der Waals surface area contributed by atoms with E-state index in [1.165, 1.54) is 29.5 Å². The highest BCUT2D eigenvalue weighted by Gasteiger charge is 2.14. The van der Waals surface area contributed by atoms with Crippen LogP contribution in [0.5, 0.6) is 5.75 Å². The summed E-state index contributed by atoms with van der Waals surface area (Å²) in [6, 6.07) is 11.4. The highest BCUT2D eigenvalue weighted by molar-refractivity contribution is 7.09. The molecule has 12 heteroatoms. The number of aromatic nitrogens is 3. The van der Waals surface area contributed by atoms with Gasteiger partial charge in [-0.25, -0.2) is 4.98 Å². The summed E-state index contributed by atoms with van der Waals surface area (Å²) in [6.45, 7) is -0.181. The maximum Gasteiger partial charge on any atom is 0.272 e. The van der Waals surface area contributed by atoms with Gasteiger partial charge in [-0.15, -0.1) is 11.3 Å². The number of benzene rings is 2. The van der Waals surface area contributed by atoms with Crippen LogP contribution < -0.4 is 26.5 Å². The maximum absolute atomic E-state index is 12.3. The number of hydrogen-bond acceptors (Lipinski definition) is 7. The van der Waals surface area contributed by atoms with Crippen LogP contribution in [0.4, 0.5) is 5.69 Å². The monoisotopic (exact) mass is 485 g/mol. The second-order valence-electron chi connectivity index (χ2n) is 6.74. The molecule has 0 aliphatic rings. The Labute approximate surface area is 194 Å². The molecule has 2 heterocycles. The van der Waals surface area contributed by atoms with Crippen LogP contribution in [0.15, 0.2) is 57.4 Å². The number of fused-ring (bicyclic) bond motifs is 1. The number of hydrogen-bond donors (Lipinski definition) is 4. The van der Waals surface area contributed by atoms with Crippen LogP contribution in [0.2, 0.25) is 5.02 Å². The molecule has 0 aliphatic heterocycles. The number of carbonyl (C=O) groups excluding carboxylic acids is 2. The lowest BCUT2D eigenvalue weighted by Gasteiger charge is -2.08. The topological polar surface area (TPSA) is 146 Å². The fourth-order valence-corrected chi connectivity index (χ4v) is 3.75. The Morgan fingerprint density at radius 3 is 2.61 bits per heavy atom. The number of amides is 2. The van der Waals surface area contributed by atoms with Crippen LogP contribution in [0, 0.1) is 0 Å². The van der Waals surface area contributed by atoms with Crippen LogP contribution in [0.1, 0.15) is 15.5 Å². The molecule has 4 rings (SSSR count). The molecule has 0 atom stereocenters. The van der Waals surface area contributed by atoms with Crippen LogP contribution >= 0.6 is 22.9 Å². The van der Waals surface area contributed by atoms with Gasteiger partial charge in [-0.05, 0) is 36.4 Å². The molecule has 0 fully saturated rings. The van der Waals surface area contributed by atoms with E-state index in [-0.39, 0.29) is 35.3 Å². The number of nitrogens with zero attached hydrogens (tertiary/aromatic N) is 1. The summed E-state index contributed by atoms with van der Waals surface area (Å²) in [4.78, 5) is 52.8. The van der Waals surface area contributed by atoms with Crippen molar-refractivity contribution in [2.45, 2.75) is 6.61 Å². The molecule has 4 N–H and O–H groups in total. The quantitative estimate of drug-likeness (QED) is 0.316. The number of aromatic amines is 2. The Balaban J connectivity index is 1.34. The number of nitrogens with one attached hydrogen (secondary N) is 4. The van der Waals surface area contributed by atoms with Gasteiger partial charge in [0.25, 0.3) is 17.0 Å².